The van der Waals surface area contributed by atoms with E-state index < -0.39 is 41.5 Å². The zero-order valence-corrected chi connectivity index (χ0v) is 24.0. The number of carbonyl (C=O) groups excluding carboxylic acids is 4. The van der Waals surface area contributed by atoms with E-state index in [-0.39, 0.29) is 17.7 Å². The number of nitrogens with zero attached hydrogens (tertiary/aromatic N) is 2. The number of ether oxygens (including phenoxy) is 1. The highest BCUT2D eigenvalue weighted by molar-refractivity contribution is 5.94. The number of hydrogen-bond donors (Lipinski definition) is 3. The molecule has 1 aromatic heterocycles. The van der Waals surface area contributed by atoms with Crippen LogP contribution in [0.25, 0.3) is 17.0 Å². The van der Waals surface area contributed by atoms with Crippen molar-refractivity contribution in [3.05, 3.63) is 47.7 Å². The Morgan fingerprint density at radius 2 is 1.77 bits per heavy atom. The Kier molecular flexibility index (Phi) is 8.58. The van der Waals surface area contributed by atoms with Gasteiger partial charge in [-0.05, 0) is 64.2 Å². The summed E-state index contributed by atoms with van der Waals surface area (Å²) in [6, 6.07) is 7.14. The summed E-state index contributed by atoms with van der Waals surface area (Å²) in [5, 5.41) is 7.90. The number of benzene rings is 1. The predicted molar refractivity (Wildman–Crippen MR) is 151 cm³/mol. The summed E-state index contributed by atoms with van der Waals surface area (Å²) in [6.07, 6.45) is 4.14. The van der Waals surface area contributed by atoms with Gasteiger partial charge < -0.3 is 15.4 Å². The highest BCUT2D eigenvalue weighted by Crippen LogP contribution is 2.24. The molecule has 4 unspecified atom stereocenters. The standard InChI is InChI=1S/C30H39N5O5/c1-17(2)25-26(36)31-18(3)27(37)35-15-7-8-23(34-35)28(38)40-19(4)22-12-11-21-10-9-20(16-24(21)32-22)13-14-30(5,6)29(39)33-25/h9-14,16-19,23,25,34H,7-8,15H2,1-6H3,(H,31,36)(H,33,39). The molecular weight excluding hydrogens is 510 g/mol. The lowest BCUT2D eigenvalue weighted by molar-refractivity contribution is -0.157. The second-order valence-corrected chi connectivity index (χ2v) is 11.6. The van der Waals surface area contributed by atoms with Gasteiger partial charge in [-0.3, -0.25) is 24.2 Å². The first-order valence-electron chi connectivity index (χ1n) is 13.8. The van der Waals surface area contributed by atoms with Crippen molar-refractivity contribution in [1.82, 2.24) is 26.1 Å². The first-order valence-corrected chi connectivity index (χ1v) is 13.8. The minimum atomic E-state index is -0.923. The van der Waals surface area contributed by atoms with Gasteiger partial charge in [-0.25, -0.2) is 10.4 Å². The molecule has 0 spiro atoms. The Hall–Kier alpha value is -3.79. The van der Waals surface area contributed by atoms with Gasteiger partial charge in [0, 0.05) is 11.9 Å². The Balaban J connectivity index is 1.70. The zero-order valence-electron chi connectivity index (χ0n) is 24.0. The van der Waals surface area contributed by atoms with Crippen molar-refractivity contribution >= 4 is 40.7 Å². The minimum absolute atomic E-state index is 0.220. The molecule has 3 amide bonds. The van der Waals surface area contributed by atoms with E-state index in [2.05, 4.69) is 16.1 Å². The number of hydrazine groups is 1. The number of hydrogen-bond acceptors (Lipinski definition) is 7. The van der Waals surface area contributed by atoms with Crippen LogP contribution in [-0.4, -0.2) is 58.4 Å². The van der Waals surface area contributed by atoms with Crippen LogP contribution in [0.5, 0.6) is 0 Å². The summed E-state index contributed by atoms with van der Waals surface area (Å²) in [7, 11) is 0. The van der Waals surface area contributed by atoms with Crippen LogP contribution in [0.1, 0.15) is 71.7 Å². The largest absolute Gasteiger partial charge is 0.455 e. The van der Waals surface area contributed by atoms with Crippen molar-refractivity contribution in [2.45, 2.75) is 78.6 Å². The molecule has 5 bridgehead atoms. The topological polar surface area (TPSA) is 130 Å². The molecule has 214 valence electrons. The average Bonchev–Trinajstić information content (AvgIpc) is 2.92. The lowest BCUT2D eigenvalue weighted by Gasteiger charge is -2.35. The summed E-state index contributed by atoms with van der Waals surface area (Å²) < 4.78 is 5.75. The number of carbonyl (C=O) groups is 4. The number of pyridine rings is 1. The molecule has 0 aliphatic carbocycles. The smallest absolute Gasteiger partial charge is 0.325 e. The second kappa shape index (κ2) is 11.8. The lowest BCUT2D eigenvalue weighted by atomic mass is 9.89. The summed E-state index contributed by atoms with van der Waals surface area (Å²) >= 11 is 0. The Morgan fingerprint density at radius 3 is 2.50 bits per heavy atom. The van der Waals surface area contributed by atoms with E-state index in [0.29, 0.717) is 25.1 Å². The van der Waals surface area contributed by atoms with Gasteiger partial charge in [0.15, 0.2) is 0 Å². The van der Waals surface area contributed by atoms with Gasteiger partial charge in [0.05, 0.1) is 16.6 Å². The van der Waals surface area contributed by atoms with Crippen LogP contribution in [0, 0.1) is 11.3 Å². The first-order chi connectivity index (χ1) is 18.9. The number of amides is 3. The van der Waals surface area contributed by atoms with Gasteiger partial charge in [0.25, 0.3) is 5.91 Å². The Labute approximate surface area is 234 Å². The third-order valence-corrected chi connectivity index (χ3v) is 7.43. The van der Waals surface area contributed by atoms with Crippen LogP contribution < -0.4 is 16.1 Å². The molecule has 0 saturated carbocycles. The van der Waals surface area contributed by atoms with Crippen molar-refractivity contribution in [2.75, 3.05) is 6.54 Å². The summed E-state index contributed by atoms with van der Waals surface area (Å²) in [5.74, 6) is -1.84. The third kappa shape index (κ3) is 6.50. The normalized spacial score (nSPS) is 26.4. The Bertz CT molecular complexity index is 1340. The van der Waals surface area contributed by atoms with Crippen molar-refractivity contribution in [3.8, 4) is 0 Å². The van der Waals surface area contributed by atoms with Gasteiger partial charge >= 0.3 is 5.97 Å². The monoisotopic (exact) mass is 549 g/mol. The molecule has 3 heterocycles. The summed E-state index contributed by atoms with van der Waals surface area (Å²) in [4.78, 5) is 57.5. The fraction of sp³-hybridized carbons (Fsp3) is 0.500. The van der Waals surface area contributed by atoms with E-state index in [9.17, 15) is 19.2 Å². The lowest BCUT2D eigenvalue weighted by Crippen LogP contribution is -2.61. The maximum Gasteiger partial charge on any atom is 0.325 e. The molecule has 2 aliphatic rings. The van der Waals surface area contributed by atoms with Crippen molar-refractivity contribution < 1.29 is 23.9 Å². The number of aromatic nitrogens is 1. The number of rotatable bonds is 1. The third-order valence-electron chi connectivity index (χ3n) is 7.43. The zero-order chi connectivity index (χ0) is 29.2. The van der Waals surface area contributed by atoms with Crippen LogP contribution >= 0.6 is 0 Å². The molecule has 1 saturated heterocycles. The maximum atomic E-state index is 13.3. The fourth-order valence-electron chi connectivity index (χ4n) is 4.75. The summed E-state index contributed by atoms with van der Waals surface area (Å²) in [6.45, 7) is 11.0. The average molecular weight is 550 g/mol. The van der Waals surface area contributed by atoms with E-state index in [1.807, 2.05) is 50.3 Å². The minimum Gasteiger partial charge on any atom is -0.455 e. The van der Waals surface area contributed by atoms with E-state index >= 15 is 0 Å². The molecule has 10 heteroatoms. The molecule has 1 aromatic carbocycles. The highest BCUT2D eigenvalue weighted by Gasteiger charge is 2.35. The molecule has 4 rings (SSSR count). The molecule has 10 nitrogen and oxygen atoms in total. The molecule has 3 N–H and O–H groups in total. The van der Waals surface area contributed by atoms with Crippen LogP contribution in [-0.2, 0) is 23.9 Å². The Morgan fingerprint density at radius 1 is 1.05 bits per heavy atom. The molecule has 2 aliphatic heterocycles. The number of cyclic esters (lactones) is 1. The SMILES string of the molecule is CC1NC(=O)C(C(C)C)NC(=O)C(C)(C)C=Cc2ccc3ccc(nc3c2)C(C)OC(=O)C2CCCN(N2)C1=O. The van der Waals surface area contributed by atoms with E-state index in [1.54, 1.807) is 33.8 Å². The maximum absolute atomic E-state index is 13.3. The number of fused-ring (bicyclic) bond motifs is 4. The van der Waals surface area contributed by atoms with Gasteiger partial charge in [-0.1, -0.05) is 44.2 Å². The predicted octanol–water partition coefficient (Wildman–Crippen LogP) is 3.03. The number of esters is 1. The van der Waals surface area contributed by atoms with Crippen molar-refractivity contribution in [3.63, 3.8) is 0 Å². The van der Waals surface area contributed by atoms with Gasteiger partial charge in [0.2, 0.25) is 11.8 Å². The van der Waals surface area contributed by atoms with E-state index in [1.165, 1.54) is 5.01 Å². The fourth-order valence-corrected chi connectivity index (χ4v) is 4.75. The molecule has 0 radical (unpaired) electrons. The van der Waals surface area contributed by atoms with Gasteiger partial charge in [-0.2, -0.15) is 0 Å². The van der Waals surface area contributed by atoms with E-state index in [4.69, 9.17) is 9.72 Å². The molecule has 40 heavy (non-hydrogen) atoms. The highest BCUT2D eigenvalue weighted by atomic mass is 16.5. The van der Waals surface area contributed by atoms with Crippen molar-refractivity contribution in [2.24, 2.45) is 11.3 Å². The van der Waals surface area contributed by atoms with Crippen molar-refractivity contribution in [1.29, 1.82) is 0 Å². The van der Waals surface area contributed by atoms with Gasteiger partial charge in [0.1, 0.15) is 24.2 Å². The molecule has 4 atom stereocenters. The first kappa shape index (κ1) is 29.2. The number of nitrogens with one attached hydrogen (secondary N) is 3. The quantitative estimate of drug-likeness (QED) is 0.466. The van der Waals surface area contributed by atoms with Gasteiger partial charge in [-0.15, -0.1) is 0 Å². The molecular formula is C30H39N5O5. The summed E-state index contributed by atoms with van der Waals surface area (Å²) in [5.41, 5.74) is 4.24. The molecule has 2 aromatic rings. The second-order valence-electron chi connectivity index (χ2n) is 11.6. The van der Waals surface area contributed by atoms with Crippen LogP contribution in [0.3, 0.4) is 0 Å². The van der Waals surface area contributed by atoms with Crippen LogP contribution in [0.2, 0.25) is 0 Å². The van der Waals surface area contributed by atoms with Crippen LogP contribution in [0.4, 0.5) is 0 Å². The molecule has 1 fully saturated rings. The van der Waals surface area contributed by atoms with Crippen LogP contribution in [0.15, 0.2) is 36.4 Å². The van der Waals surface area contributed by atoms with E-state index in [0.717, 1.165) is 16.5 Å².